The number of nitrogen functional groups attached to an aromatic ring is 1. The molecule has 1 aromatic carbocycles. The molecule has 4 N–H and O–H groups in total. The van der Waals surface area contributed by atoms with Crippen molar-refractivity contribution in [1.82, 2.24) is 0 Å². The van der Waals surface area contributed by atoms with Gasteiger partial charge >= 0.3 is 77.7 Å². The van der Waals surface area contributed by atoms with Crippen molar-refractivity contribution in [2.75, 3.05) is 12.8 Å². The Morgan fingerprint density at radius 1 is 1.46 bits per heavy atom. The van der Waals surface area contributed by atoms with Gasteiger partial charge in [0.25, 0.3) is 0 Å². The summed E-state index contributed by atoms with van der Waals surface area (Å²) in [6.07, 6.45) is 0. The minimum absolute atomic E-state index is 0.0881. The second-order valence-electron chi connectivity index (χ2n) is 2.48. The zero-order valence-corrected chi connectivity index (χ0v) is 8.84. The molecule has 0 bridgehead atoms. The van der Waals surface area contributed by atoms with Gasteiger partial charge in [-0.15, -0.1) is 0 Å². The van der Waals surface area contributed by atoms with Crippen molar-refractivity contribution < 1.29 is 16.7 Å². The number of hydrogen-bond donors (Lipinski definition) is 3. The number of anilines is 1. The SMILES string of the molecule is COc1cc(N)ccc1[As](=O)(O)O. The summed E-state index contributed by atoms with van der Waals surface area (Å²) in [7, 11) is 1.34. The van der Waals surface area contributed by atoms with Gasteiger partial charge in [0.15, 0.2) is 0 Å². The van der Waals surface area contributed by atoms with Gasteiger partial charge in [0.2, 0.25) is 0 Å². The van der Waals surface area contributed by atoms with Gasteiger partial charge in [0, 0.05) is 0 Å². The predicted molar refractivity (Wildman–Crippen MR) is 47.9 cm³/mol. The first kappa shape index (κ1) is 10.2. The van der Waals surface area contributed by atoms with E-state index >= 15 is 0 Å². The van der Waals surface area contributed by atoms with Gasteiger partial charge in [-0.25, -0.2) is 0 Å². The van der Waals surface area contributed by atoms with Gasteiger partial charge in [0.05, 0.1) is 0 Å². The van der Waals surface area contributed by atoms with Gasteiger partial charge < -0.3 is 0 Å². The third kappa shape index (κ3) is 2.27. The second-order valence-corrected chi connectivity index (χ2v) is 5.77. The molecule has 0 aliphatic carbocycles. The molecule has 0 atom stereocenters. The first-order chi connectivity index (χ1) is 5.95. The van der Waals surface area contributed by atoms with Crippen LogP contribution in [0.4, 0.5) is 5.69 Å². The maximum atomic E-state index is 11.0. The molecule has 0 spiro atoms. The Hall–Kier alpha value is -0.902. The van der Waals surface area contributed by atoms with Gasteiger partial charge in [-0.2, -0.15) is 0 Å². The molecule has 0 aliphatic rings. The van der Waals surface area contributed by atoms with E-state index in [0.717, 1.165) is 0 Å². The van der Waals surface area contributed by atoms with E-state index < -0.39 is 14.2 Å². The van der Waals surface area contributed by atoms with Crippen LogP contribution in [0.5, 0.6) is 5.75 Å². The zero-order valence-electron chi connectivity index (χ0n) is 6.97. The van der Waals surface area contributed by atoms with E-state index in [-0.39, 0.29) is 10.1 Å². The average Bonchev–Trinajstić information content (AvgIpc) is 2.01. The number of rotatable bonds is 2. The van der Waals surface area contributed by atoms with Crippen LogP contribution in [0.25, 0.3) is 0 Å². The molecule has 0 saturated heterocycles. The molecule has 1 aromatic rings. The monoisotopic (exact) mass is 247 g/mol. The Labute approximate surface area is 78.1 Å². The van der Waals surface area contributed by atoms with Crippen LogP contribution >= 0.6 is 0 Å². The first-order valence-corrected chi connectivity index (χ1v) is 6.83. The summed E-state index contributed by atoms with van der Waals surface area (Å²) in [6.45, 7) is 0. The van der Waals surface area contributed by atoms with Gasteiger partial charge in [0.1, 0.15) is 0 Å². The zero-order chi connectivity index (χ0) is 10.1. The van der Waals surface area contributed by atoms with Crippen LogP contribution in [0.1, 0.15) is 0 Å². The summed E-state index contributed by atoms with van der Waals surface area (Å²) in [5, 5.41) is 0. The van der Waals surface area contributed by atoms with Crippen LogP contribution in [-0.4, -0.2) is 29.5 Å². The molecule has 0 amide bonds. The molecule has 0 aromatic heterocycles. The van der Waals surface area contributed by atoms with Crippen LogP contribution in [0.3, 0.4) is 0 Å². The van der Waals surface area contributed by atoms with Gasteiger partial charge in [-0.1, -0.05) is 0 Å². The molecule has 0 aliphatic heterocycles. The van der Waals surface area contributed by atoms with E-state index in [1.165, 1.54) is 25.3 Å². The minimum atomic E-state index is -4.88. The summed E-state index contributed by atoms with van der Waals surface area (Å²) >= 11 is -4.88. The third-order valence-corrected chi connectivity index (χ3v) is 3.61. The van der Waals surface area contributed by atoms with Crippen molar-refractivity contribution in [2.24, 2.45) is 0 Å². The molecule has 0 radical (unpaired) electrons. The van der Waals surface area contributed by atoms with E-state index in [2.05, 4.69) is 0 Å². The number of methoxy groups -OCH3 is 1. The fraction of sp³-hybridized carbons (Fsp3) is 0.143. The van der Waals surface area contributed by atoms with Crippen molar-refractivity contribution in [2.45, 2.75) is 0 Å². The van der Waals surface area contributed by atoms with Crippen LogP contribution in [0.15, 0.2) is 18.2 Å². The maximum absolute atomic E-state index is 11.0. The number of nitrogens with two attached hydrogens (primary N) is 1. The van der Waals surface area contributed by atoms with E-state index in [1.807, 2.05) is 0 Å². The summed E-state index contributed by atoms with van der Waals surface area (Å²) < 4.78 is 33.6. The van der Waals surface area contributed by atoms with E-state index in [4.69, 9.17) is 18.7 Å². The number of benzene rings is 1. The molecule has 13 heavy (non-hydrogen) atoms. The van der Waals surface area contributed by atoms with Crippen molar-refractivity contribution in [3.05, 3.63) is 18.2 Å². The summed E-state index contributed by atoms with van der Waals surface area (Å²) in [5.74, 6) is 0.132. The fourth-order valence-electron chi connectivity index (χ4n) is 0.935. The molecule has 72 valence electrons. The van der Waals surface area contributed by atoms with Crippen molar-refractivity contribution >= 4 is 24.2 Å². The Morgan fingerprint density at radius 3 is 2.54 bits per heavy atom. The van der Waals surface area contributed by atoms with Crippen molar-refractivity contribution in [3.8, 4) is 5.75 Å². The molecular weight excluding hydrogens is 237 g/mol. The standard InChI is InChI=1S/C7H10AsNO4/c1-13-7-4-5(9)2-3-6(7)8(10,11)12/h2-4H,9H2,1H3,(H2,10,11,12). The summed E-state index contributed by atoms with van der Waals surface area (Å²) in [5.41, 5.74) is 5.83. The Bertz CT molecular complexity index is 360. The second kappa shape index (κ2) is 3.46. The predicted octanol–water partition coefficient (Wildman–Crippen LogP) is -1.16. The molecule has 5 nitrogen and oxygen atoms in total. The number of hydrogen-bond acceptors (Lipinski definition) is 3. The molecular formula is C7H10AsNO4. The van der Waals surface area contributed by atoms with Gasteiger partial charge in [-0.3, -0.25) is 0 Å². The number of ether oxygens (including phenoxy) is 1. The Kier molecular flexibility index (Phi) is 2.71. The first-order valence-electron chi connectivity index (χ1n) is 3.45. The van der Waals surface area contributed by atoms with Crippen LogP contribution < -0.4 is 14.8 Å². The molecule has 0 heterocycles. The molecule has 0 unspecified atom stereocenters. The van der Waals surface area contributed by atoms with Crippen LogP contribution in [0, 0.1) is 0 Å². The molecule has 0 saturated carbocycles. The van der Waals surface area contributed by atoms with E-state index in [0.29, 0.717) is 5.69 Å². The van der Waals surface area contributed by atoms with Crippen molar-refractivity contribution in [1.29, 1.82) is 0 Å². The average molecular weight is 247 g/mol. The Morgan fingerprint density at radius 2 is 2.08 bits per heavy atom. The van der Waals surface area contributed by atoms with Crippen molar-refractivity contribution in [3.63, 3.8) is 0 Å². The normalized spacial score (nSPS) is 11.3. The van der Waals surface area contributed by atoms with Crippen LogP contribution in [-0.2, 0) is 3.74 Å². The summed E-state index contributed by atoms with van der Waals surface area (Å²) in [4.78, 5) is 0. The topological polar surface area (TPSA) is 92.8 Å². The van der Waals surface area contributed by atoms with E-state index in [1.54, 1.807) is 0 Å². The molecule has 6 heteroatoms. The molecule has 1 rings (SSSR count). The van der Waals surface area contributed by atoms with Gasteiger partial charge in [-0.05, 0) is 0 Å². The van der Waals surface area contributed by atoms with E-state index in [9.17, 15) is 3.74 Å². The quantitative estimate of drug-likeness (QED) is 0.452. The van der Waals surface area contributed by atoms with Crippen LogP contribution in [0.2, 0.25) is 0 Å². The Balaban J connectivity index is 3.30. The third-order valence-electron chi connectivity index (χ3n) is 1.52. The summed E-state index contributed by atoms with van der Waals surface area (Å²) in [6, 6.07) is 4.10. The fourth-order valence-corrected chi connectivity index (χ4v) is 2.43. The molecule has 0 fully saturated rings.